The van der Waals surface area contributed by atoms with Crippen molar-refractivity contribution in [2.75, 3.05) is 6.54 Å². The summed E-state index contributed by atoms with van der Waals surface area (Å²) in [5, 5.41) is 4.58. The van der Waals surface area contributed by atoms with Crippen LogP contribution in [0.1, 0.15) is 51.6 Å². The second-order valence-corrected chi connectivity index (χ2v) is 7.28. The van der Waals surface area contributed by atoms with Gasteiger partial charge in [0.1, 0.15) is 17.4 Å². The highest BCUT2D eigenvalue weighted by atomic mass is 19.3. The Labute approximate surface area is 169 Å². The molecule has 1 aliphatic rings. The number of aromatic amines is 1. The van der Waals surface area contributed by atoms with Gasteiger partial charge < -0.3 is 14.3 Å². The number of amides is 1. The Morgan fingerprint density at radius 1 is 1.37 bits per heavy atom. The first-order valence-electron chi connectivity index (χ1n) is 9.45. The third kappa shape index (κ3) is 2.78. The molecule has 0 spiro atoms. The molecule has 5 rings (SSSR count). The normalized spacial score (nSPS) is 16.4. The van der Waals surface area contributed by atoms with E-state index in [1.165, 1.54) is 7.05 Å². The molecule has 0 radical (unpaired) electrons. The molecule has 4 heterocycles. The van der Waals surface area contributed by atoms with Crippen LogP contribution in [0.5, 0.6) is 0 Å². The highest BCUT2D eigenvalue weighted by Crippen LogP contribution is 2.37. The predicted molar refractivity (Wildman–Crippen MR) is 102 cm³/mol. The Morgan fingerprint density at radius 3 is 2.93 bits per heavy atom. The van der Waals surface area contributed by atoms with Crippen molar-refractivity contribution in [3.8, 4) is 0 Å². The summed E-state index contributed by atoms with van der Waals surface area (Å²) in [6, 6.07) is 7.11. The van der Waals surface area contributed by atoms with Crippen LogP contribution in [0.4, 0.5) is 8.78 Å². The Balaban J connectivity index is 1.62. The number of benzene rings is 1. The summed E-state index contributed by atoms with van der Waals surface area (Å²) in [5.41, 5.74) is 3.29. The summed E-state index contributed by atoms with van der Waals surface area (Å²) in [4.78, 5) is 26.2. The van der Waals surface area contributed by atoms with Crippen LogP contribution in [0.25, 0.3) is 11.0 Å². The number of aryl methyl sites for hydroxylation is 2. The average Bonchev–Trinajstić information content (AvgIpc) is 3.44. The van der Waals surface area contributed by atoms with Gasteiger partial charge in [0.15, 0.2) is 0 Å². The quantitative estimate of drug-likeness (QED) is 0.557. The Kier molecular flexibility index (Phi) is 4.16. The second-order valence-electron chi connectivity index (χ2n) is 7.28. The largest absolute Gasteiger partial charge is 0.458 e. The van der Waals surface area contributed by atoms with E-state index in [9.17, 15) is 13.6 Å². The van der Waals surface area contributed by atoms with E-state index in [0.717, 1.165) is 26.9 Å². The molecule has 4 aromatic rings. The minimum atomic E-state index is -2.86. The number of halogens is 2. The molecule has 8 nitrogen and oxygen atoms in total. The summed E-state index contributed by atoms with van der Waals surface area (Å²) in [6.45, 7) is 2.30. The van der Waals surface area contributed by atoms with Gasteiger partial charge in [-0.2, -0.15) is 0 Å². The lowest BCUT2D eigenvalue weighted by Crippen LogP contribution is -2.41. The molecule has 0 aliphatic carbocycles. The fourth-order valence-electron chi connectivity index (χ4n) is 3.96. The molecular formula is C20H18F2N6O2. The molecule has 1 aromatic carbocycles. The number of hydrogen-bond acceptors (Lipinski definition) is 5. The summed E-state index contributed by atoms with van der Waals surface area (Å²) in [5.74, 6) is -0.777. The molecule has 30 heavy (non-hydrogen) atoms. The topological polar surface area (TPSA) is 92.8 Å². The fourth-order valence-corrected chi connectivity index (χ4v) is 3.96. The molecule has 154 valence electrons. The summed E-state index contributed by atoms with van der Waals surface area (Å²) < 4.78 is 33.3. The molecule has 10 heteroatoms. The van der Waals surface area contributed by atoms with E-state index in [2.05, 4.69) is 20.1 Å². The number of carbonyl (C=O) groups is 1. The third-order valence-corrected chi connectivity index (χ3v) is 5.38. The number of imidazole rings is 1. The molecule has 0 fully saturated rings. The van der Waals surface area contributed by atoms with E-state index in [1.807, 2.05) is 31.2 Å². The maximum absolute atomic E-state index is 13.3. The van der Waals surface area contributed by atoms with Crippen molar-refractivity contribution in [3.05, 3.63) is 65.0 Å². The van der Waals surface area contributed by atoms with Crippen molar-refractivity contribution >= 4 is 16.9 Å². The van der Waals surface area contributed by atoms with Crippen LogP contribution in [0.2, 0.25) is 0 Å². The molecule has 3 aromatic heterocycles. The SMILES string of the molecule is Cc1cccc2cc([C@@H]3c4nc[nH]c4CCN3C(=O)c3nc(C(F)F)nn3C)oc12. The van der Waals surface area contributed by atoms with Crippen LogP contribution in [-0.2, 0) is 13.5 Å². The lowest BCUT2D eigenvalue weighted by molar-refractivity contribution is 0.0654. The first kappa shape index (κ1) is 18.5. The second kappa shape index (κ2) is 6.75. The van der Waals surface area contributed by atoms with Gasteiger partial charge in [-0.25, -0.2) is 23.4 Å². The minimum Gasteiger partial charge on any atom is -0.458 e. The van der Waals surface area contributed by atoms with Gasteiger partial charge in [-0.1, -0.05) is 18.2 Å². The minimum absolute atomic E-state index is 0.151. The van der Waals surface area contributed by atoms with Crippen molar-refractivity contribution in [2.24, 2.45) is 7.05 Å². The Bertz CT molecular complexity index is 1260. The van der Waals surface area contributed by atoms with Gasteiger partial charge in [0.05, 0.1) is 12.0 Å². The average molecular weight is 412 g/mol. The molecule has 1 N–H and O–H groups in total. The first-order valence-corrected chi connectivity index (χ1v) is 9.45. The van der Waals surface area contributed by atoms with Gasteiger partial charge in [-0.15, -0.1) is 5.10 Å². The van der Waals surface area contributed by atoms with Crippen molar-refractivity contribution < 1.29 is 18.0 Å². The molecule has 0 saturated heterocycles. The van der Waals surface area contributed by atoms with Gasteiger partial charge in [0.25, 0.3) is 12.3 Å². The molecule has 0 saturated carbocycles. The van der Waals surface area contributed by atoms with E-state index in [0.29, 0.717) is 24.4 Å². The van der Waals surface area contributed by atoms with E-state index in [4.69, 9.17) is 4.42 Å². The standard InChI is InChI=1S/C20H18F2N6O2/c1-10-4-3-5-11-8-13(30-16(10)11)15-14-12(23-9-24-14)6-7-28(15)20(29)19-25-18(17(21)22)26-27(19)2/h3-5,8-9,15,17H,6-7H2,1-2H3,(H,23,24)/t15-/m1/s1. The van der Waals surface area contributed by atoms with Crippen LogP contribution in [-0.4, -0.2) is 42.1 Å². The van der Waals surface area contributed by atoms with Crippen LogP contribution in [0.3, 0.4) is 0 Å². The number of fused-ring (bicyclic) bond motifs is 2. The Hall–Kier alpha value is -3.56. The molecule has 1 aliphatic heterocycles. The summed E-state index contributed by atoms with van der Waals surface area (Å²) >= 11 is 0. The van der Waals surface area contributed by atoms with Gasteiger partial charge in [0.2, 0.25) is 11.6 Å². The molecule has 0 bridgehead atoms. The highest BCUT2D eigenvalue weighted by molar-refractivity contribution is 5.91. The monoisotopic (exact) mass is 412 g/mol. The maximum atomic E-state index is 13.3. The summed E-state index contributed by atoms with van der Waals surface area (Å²) in [6.07, 6.45) is -0.723. The number of furan rings is 1. The van der Waals surface area contributed by atoms with Crippen molar-refractivity contribution in [1.29, 1.82) is 0 Å². The first-order chi connectivity index (χ1) is 14.4. The molecule has 1 atom stereocenters. The van der Waals surface area contributed by atoms with Crippen LogP contribution in [0.15, 0.2) is 35.0 Å². The molecule has 1 amide bonds. The maximum Gasteiger partial charge on any atom is 0.299 e. The number of para-hydroxylation sites is 1. The van der Waals surface area contributed by atoms with E-state index in [1.54, 1.807) is 11.2 Å². The predicted octanol–water partition coefficient (Wildman–Crippen LogP) is 3.32. The third-order valence-electron chi connectivity index (χ3n) is 5.38. The highest BCUT2D eigenvalue weighted by Gasteiger charge is 2.38. The van der Waals surface area contributed by atoms with Crippen molar-refractivity contribution in [1.82, 2.24) is 29.6 Å². The van der Waals surface area contributed by atoms with E-state index in [-0.39, 0.29) is 5.82 Å². The number of nitrogens with zero attached hydrogens (tertiary/aromatic N) is 5. The van der Waals surface area contributed by atoms with Crippen LogP contribution < -0.4 is 0 Å². The smallest absolute Gasteiger partial charge is 0.299 e. The zero-order chi connectivity index (χ0) is 21.0. The number of rotatable bonds is 3. The number of aromatic nitrogens is 5. The van der Waals surface area contributed by atoms with Gasteiger partial charge in [0, 0.05) is 31.1 Å². The zero-order valence-electron chi connectivity index (χ0n) is 16.3. The van der Waals surface area contributed by atoms with Gasteiger partial charge >= 0.3 is 0 Å². The van der Waals surface area contributed by atoms with E-state index < -0.39 is 24.2 Å². The molecule has 0 unspecified atom stereocenters. The van der Waals surface area contributed by atoms with Crippen molar-refractivity contribution in [3.63, 3.8) is 0 Å². The fraction of sp³-hybridized carbons (Fsp3) is 0.300. The number of hydrogen-bond donors (Lipinski definition) is 1. The van der Waals surface area contributed by atoms with E-state index >= 15 is 0 Å². The van der Waals surface area contributed by atoms with Crippen LogP contribution >= 0.6 is 0 Å². The lowest BCUT2D eigenvalue weighted by Gasteiger charge is -2.33. The number of nitrogens with one attached hydrogen (secondary N) is 1. The molecular weight excluding hydrogens is 394 g/mol. The number of H-pyrrole nitrogens is 1. The van der Waals surface area contributed by atoms with Crippen molar-refractivity contribution in [2.45, 2.75) is 25.8 Å². The number of carbonyl (C=O) groups excluding carboxylic acids is 1. The summed E-state index contributed by atoms with van der Waals surface area (Å²) in [7, 11) is 1.43. The van der Waals surface area contributed by atoms with Gasteiger partial charge in [-0.3, -0.25) is 4.79 Å². The number of alkyl halides is 2. The lowest BCUT2D eigenvalue weighted by atomic mass is 10.00. The van der Waals surface area contributed by atoms with Gasteiger partial charge in [-0.05, 0) is 18.6 Å². The van der Waals surface area contributed by atoms with Crippen LogP contribution in [0, 0.1) is 6.92 Å². The zero-order valence-corrected chi connectivity index (χ0v) is 16.3. The Morgan fingerprint density at radius 2 is 2.20 bits per heavy atom.